The van der Waals surface area contributed by atoms with Gasteiger partial charge in [0.15, 0.2) is 23.0 Å². The van der Waals surface area contributed by atoms with Gasteiger partial charge in [0, 0.05) is 61.9 Å². The first kappa shape index (κ1) is 42.1. The molecule has 13 nitrogen and oxygen atoms in total. The first-order valence-corrected chi connectivity index (χ1v) is 19.1. The lowest BCUT2D eigenvalue weighted by Crippen LogP contribution is -2.32. The molecule has 0 aliphatic carbocycles. The number of phenolic OH excluding ortho intramolecular Hbond substituents is 2. The van der Waals surface area contributed by atoms with Crippen LogP contribution in [0.25, 0.3) is 11.3 Å². The highest BCUT2D eigenvalue weighted by atomic mass is 16.5. The number of benzene rings is 2. The molecule has 3 heterocycles. The maximum atomic E-state index is 12.0. The van der Waals surface area contributed by atoms with Crippen LogP contribution in [-0.2, 0) is 26.1 Å². The minimum atomic E-state index is 0.0213. The van der Waals surface area contributed by atoms with Crippen LogP contribution < -0.4 is 41.8 Å². The van der Waals surface area contributed by atoms with Crippen LogP contribution in [0.15, 0.2) is 67.0 Å². The lowest BCUT2D eigenvalue weighted by Gasteiger charge is -2.17. The maximum Gasteiger partial charge on any atom is 0.253 e. The van der Waals surface area contributed by atoms with Crippen molar-refractivity contribution in [3.05, 3.63) is 89.4 Å². The zero-order chi connectivity index (χ0) is 38.4. The van der Waals surface area contributed by atoms with Crippen molar-refractivity contribution in [1.29, 1.82) is 0 Å². The van der Waals surface area contributed by atoms with Crippen molar-refractivity contribution in [2.24, 2.45) is 5.73 Å². The molecule has 0 saturated heterocycles. The fourth-order valence-electron chi connectivity index (χ4n) is 6.27. The van der Waals surface area contributed by atoms with Gasteiger partial charge in [-0.15, -0.1) is 0 Å². The van der Waals surface area contributed by atoms with Gasteiger partial charge in [-0.05, 0) is 132 Å². The van der Waals surface area contributed by atoms with Gasteiger partial charge < -0.3 is 56.6 Å². The number of aromatic hydroxyl groups is 2. The van der Waals surface area contributed by atoms with Crippen molar-refractivity contribution < 1.29 is 24.5 Å². The number of ether oxygens (including phenoxy) is 2. The number of nitrogens with zero attached hydrogens (tertiary/aromatic N) is 2. The molecule has 0 radical (unpaired) electrons. The lowest BCUT2D eigenvalue weighted by atomic mass is 10.1. The summed E-state index contributed by atoms with van der Waals surface area (Å²) in [4.78, 5) is 16.0. The van der Waals surface area contributed by atoms with Gasteiger partial charge in [0.25, 0.3) is 5.91 Å². The molecule has 13 heteroatoms. The molecule has 0 saturated carbocycles. The average molecular weight is 745 g/mol. The van der Waals surface area contributed by atoms with Crippen LogP contribution >= 0.6 is 0 Å². The molecule has 0 spiro atoms. The number of amides is 1. The van der Waals surface area contributed by atoms with E-state index in [1.54, 1.807) is 38.7 Å². The highest BCUT2D eigenvalue weighted by Gasteiger charge is 2.24. The van der Waals surface area contributed by atoms with Gasteiger partial charge in [-0.25, -0.2) is 0 Å². The molecule has 1 amide bonds. The number of fused-ring (bicyclic) bond motifs is 1. The molecule has 4 aromatic rings. The van der Waals surface area contributed by atoms with E-state index in [9.17, 15) is 15.0 Å². The summed E-state index contributed by atoms with van der Waals surface area (Å²) in [5, 5.41) is 36.0. The zero-order valence-corrected chi connectivity index (χ0v) is 32.0. The summed E-state index contributed by atoms with van der Waals surface area (Å²) < 4.78 is 12.5. The zero-order valence-electron chi connectivity index (χ0n) is 32.0. The normalized spacial score (nSPS) is 12.1. The third-order valence-corrected chi connectivity index (χ3v) is 9.18. The van der Waals surface area contributed by atoms with Crippen LogP contribution in [0, 0.1) is 0 Å². The fraction of sp³-hybridized carbons (Fsp3) is 0.463. The Morgan fingerprint density at radius 1 is 0.741 bits per heavy atom. The summed E-state index contributed by atoms with van der Waals surface area (Å²) in [6.07, 6.45) is 9.83. The van der Waals surface area contributed by atoms with E-state index in [1.165, 1.54) is 12.8 Å². The molecular formula is C41H60N8O5. The Balaban J connectivity index is 0.000000273. The van der Waals surface area contributed by atoms with Gasteiger partial charge in [0.1, 0.15) is 0 Å². The van der Waals surface area contributed by atoms with Gasteiger partial charge >= 0.3 is 0 Å². The molecule has 1 aliphatic rings. The minimum Gasteiger partial charge on any atom is -0.504 e. The molecule has 0 fully saturated rings. The number of aromatic nitrogens is 2. The summed E-state index contributed by atoms with van der Waals surface area (Å²) in [6, 6.07) is 16.8. The Kier molecular flexibility index (Phi) is 18.6. The summed E-state index contributed by atoms with van der Waals surface area (Å²) in [5.74, 6) is 1.39. The predicted molar refractivity (Wildman–Crippen MR) is 214 cm³/mol. The van der Waals surface area contributed by atoms with E-state index in [0.717, 1.165) is 118 Å². The number of carbonyl (C=O) groups is 1. The Hall–Kier alpha value is -4.66. The van der Waals surface area contributed by atoms with E-state index in [2.05, 4.69) is 36.1 Å². The van der Waals surface area contributed by atoms with Gasteiger partial charge in [0.05, 0.1) is 19.8 Å². The SMILES string of the molecule is COc1cc(CNCCCNCCCCNCCCNCc2ccc(O)c(OC)c2)ccc1O.NCCCn1c(-c2ccncc2)cc2c1CCNC2=O. The van der Waals surface area contributed by atoms with E-state index < -0.39 is 0 Å². The van der Waals surface area contributed by atoms with Crippen LogP contribution in [0.1, 0.15) is 59.3 Å². The molecule has 54 heavy (non-hydrogen) atoms. The number of unbranched alkanes of at least 4 members (excludes halogenated alkanes) is 1. The van der Waals surface area contributed by atoms with Crippen LogP contribution in [-0.4, -0.2) is 92.2 Å². The maximum absolute atomic E-state index is 12.0. The molecule has 0 unspecified atom stereocenters. The number of methoxy groups -OCH3 is 2. The molecule has 1 aliphatic heterocycles. The number of rotatable bonds is 23. The Morgan fingerprint density at radius 2 is 1.28 bits per heavy atom. The summed E-state index contributed by atoms with van der Waals surface area (Å²) in [5.41, 5.74) is 11.9. The first-order chi connectivity index (χ1) is 26.4. The summed E-state index contributed by atoms with van der Waals surface area (Å²) in [7, 11) is 3.12. The standard InChI is InChI=1S/C26H42N4O4.C15H18N4O/c1-33-25-17-21(7-9-23(25)31)19-29-15-5-13-27-11-3-4-12-28-14-6-16-30-20-22-8-10-24(32)26(18-22)34-2;16-5-1-9-19-13-4-8-18-15(20)12(13)10-14(19)11-2-6-17-7-3-11/h7-10,17-18,27-32H,3-6,11-16,19-20H2,1-2H3;2-3,6-7,10H,1,4-5,8-9,16H2,(H,18,20). The molecule has 9 N–H and O–H groups in total. The molecule has 294 valence electrons. The van der Waals surface area contributed by atoms with Crippen molar-refractivity contribution in [2.45, 2.75) is 58.2 Å². The Labute approximate surface area is 320 Å². The number of nitrogens with one attached hydrogen (secondary N) is 5. The van der Waals surface area contributed by atoms with Crippen molar-refractivity contribution in [2.75, 3.05) is 66.6 Å². The third kappa shape index (κ3) is 13.6. The number of phenols is 2. The van der Waals surface area contributed by atoms with Crippen molar-refractivity contribution in [3.8, 4) is 34.3 Å². The molecular weight excluding hydrogens is 685 g/mol. The van der Waals surface area contributed by atoms with E-state index in [-0.39, 0.29) is 17.4 Å². The quantitative estimate of drug-likeness (QED) is 0.0516. The monoisotopic (exact) mass is 744 g/mol. The van der Waals surface area contributed by atoms with Gasteiger partial charge in [-0.3, -0.25) is 9.78 Å². The molecule has 0 bridgehead atoms. The second-order valence-corrected chi connectivity index (χ2v) is 13.2. The van der Waals surface area contributed by atoms with E-state index in [1.807, 2.05) is 42.5 Å². The largest absolute Gasteiger partial charge is 0.504 e. The van der Waals surface area contributed by atoms with Gasteiger partial charge in [-0.2, -0.15) is 0 Å². The smallest absolute Gasteiger partial charge is 0.253 e. The first-order valence-electron chi connectivity index (χ1n) is 19.1. The van der Waals surface area contributed by atoms with Crippen LogP contribution in [0.5, 0.6) is 23.0 Å². The topological polar surface area (TPSA) is 180 Å². The Morgan fingerprint density at radius 3 is 1.81 bits per heavy atom. The molecule has 2 aromatic heterocycles. The van der Waals surface area contributed by atoms with Crippen LogP contribution in [0.3, 0.4) is 0 Å². The highest BCUT2D eigenvalue weighted by Crippen LogP contribution is 2.29. The third-order valence-electron chi connectivity index (χ3n) is 9.18. The predicted octanol–water partition coefficient (Wildman–Crippen LogP) is 3.92. The molecule has 5 rings (SSSR count). The van der Waals surface area contributed by atoms with Gasteiger partial charge in [0.2, 0.25) is 0 Å². The minimum absolute atomic E-state index is 0.0213. The van der Waals surface area contributed by atoms with Gasteiger partial charge in [-0.1, -0.05) is 12.1 Å². The summed E-state index contributed by atoms with van der Waals surface area (Å²) in [6.45, 7) is 9.75. The number of nitrogens with two attached hydrogens (primary N) is 1. The Bertz CT molecular complexity index is 1620. The van der Waals surface area contributed by atoms with Crippen molar-refractivity contribution in [3.63, 3.8) is 0 Å². The van der Waals surface area contributed by atoms with Crippen LogP contribution in [0.2, 0.25) is 0 Å². The number of carbonyl (C=O) groups excluding carboxylic acids is 1. The second kappa shape index (κ2) is 23.9. The fourth-order valence-corrected chi connectivity index (χ4v) is 6.27. The van der Waals surface area contributed by atoms with E-state index >= 15 is 0 Å². The number of hydrogen-bond acceptors (Lipinski definition) is 11. The highest BCUT2D eigenvalue weighted by molar-refractivity contribution is 5.98. The van der Waals surface area contributed by atoms with Crippen molar-refractivity contribution in [1.82, 2.24) is 36.1 Å². The number of hydrogen-bond donors (Lipinski definition) is 8. The van der Waals surface area contributed by atoms with Crippen molar-refractivity contribution >= 4 is 5.91 Å². The summed E-state index contributed by atoms with van der Waals surface area (Å²) >= 11 is 0. The lowest BCUT2D eigenvalue weighted by molar-refractivity contribution is 0.0945. The molecule has 0 atom stereocenters. The van der Waals surface area contributed by atoms with E-state index in [0.29, 0.717) is 24.6 Å². The van der Waals surface area contributed by atoms with E-state index in [4.69, 9.17) is 15.2 Å². The van der Waals surface area contributed by atoms with Crippen LogP contribution in [0.4, 0.5) is 0 Å². The molecule has 2 aromatic carbocycles. The number of pyridine rings is 1. The average Bonchev–Trinajstić information content (AvgIpc) is 3.58. The second-order valence-electron chi connectivity index (χ2n) is 13.2.